The van der Waals surface area contributed by atoms with E-state index in [1.165, 1.54) is 6.07 Å². The highest BCUT2D eigenvalue weighted by atomic mass is 16.6. The van der Waals surface area contributed by atoms with E-state index in [2.05, 4.69) is 9.73 Å². The van der Waals surface area contributed by atoms with Gasteiger partial charge in [-0.25, -0.2) is 0 Å². The summed E-state index contributed by atoms with van der Waals surface area (Å²) in [5.41, 5.74) is 0. The van der Waals surface area contributed by atoms with Crippen molar-refractivity contribution in [2.24, 2.45) is 0 Å². The number of nitrogens with one attached hydrogen (secondary N) is 1. The van der Waals surface area contributed by atoms with Crippen LogP contribution in [0.25, 0.3) is 0 Å². The van der Waals surface area contributed by atoms with Crippen molar-refractivity contribution in [3.8, 4) is 0 Å². The quantitative estimate of drug-likeness (QED) is 0.553. The Morgan fingerprint density at radius 1 is 1.73 bits per heavy atom. The van der Waals surface area contributed by atoms with Gasteiger partial charge in [0.2, 0.25) is 0 Å². The fourth-order valence-corrected chi connectivity index (χ4v) is 0.888. The second-order valence-electron chi connectivity index (χ2n) is 2.95. The second kappa shape index (κ2) is 4.56. The molecule has 7 heteroatoms. The Morgan fingerprint density at radius 3 is 2.87 bits per heavy atom. The Hall–Kier alpha value is -1.89. The van der Waals surface area contributed by atoms with Crippen molar-refractivity contribution in [2.45, 2.75) is 13.0 Å². The van der Waals surface area contributed by atoms with Gasteiger partial charge >= 0.3 is 5.88 Å². The number of hydrogen-bond donors (Lipinski definition) is 2. The van der Waals surface area contributed by atoms with E-state index in [0.717, 1.165) is 6.07 Å². The summed E-state index contributed by atoms with van der Waals surface area (Å²) < 4.78 is 4.66. The number of carbonyl (C=O) groups is 1. The van der Waals surface area contributed by atoms with Gasteiger partial charge in [0.15, 0.2) is 5.76 Å². The molecular weight excluding hydrogens is 204 g/mol. The number of hydrogen-bond acceptors (Lipinski definition) is 5. The molecule has 0 aliphatic rings. The zero-order valence-corrected chi connectivity index (χ0v) is 7.97. The first-order chi connectivity index (χ1) is 7.04. The summed E-state index contributed by atoms with van der Waals surface area (Å²) in [6.45, 7) is 1.38. The molecule has 1 aromatic heterocycles. The number of aliphatic hydroxyl groups excluding tert-OH is 1. The average Bonchev–Trinajstić information content (AvgIpc) is 2.66. The standard InChI is InChI=1S/C8H10N2O5/c1-5(4-11)9-8(12)6-2-3-7(15-6)10(13)14/h2-3,5,11H,4H2,1H3,(H,9,12). The predicted octanol–water partition coefficient (Wildman–Crippen LogP) is 0.298. The molecule has 0 bridgehead atoms. The van der Waals surface area contributed by atoms with Crippen molar-refractivity contribution < 1.29 is 19.2 Å². The first-order valence-corrected chi connectivity index (χ1v) is 4.20. The van der Waals surface area contributed by atoms with E-state index in [9.17, 15) is 14.9 Å². The minimum atomic E-state index is -0.730. The van der Waals surface area contributed by atoms with Crippen molar-refractivity contribution in [1.29, 1.82) is 0 Å². The van der Waals surface area contributed by atoms with Crippen LogP contribution in [-0.2, 0) is 0 Å². The van der Waals surface area contributed by atoms with E-state index in [1.807, 2.05) is 0 Å². The number of amides is 1. The fourth-order valence-electron chi connectivity index (χ4n) is 0.888. The highest BCUT2D eigenvalue weighted by Gasteiger charge is 2.18. The van der Waals surface area contributed by atoms with Crippen LogP contribution >= 0.6 is 0 Å². The van der Waals surface area contributed by atoms with Crippen molar-refractivity contribution in [2.75, 3.05) is 6.61 Å². The van der Waals surface area contributed by atoms with Gasteiger partial charge in [0.05, 0.1) is 12.7 Å². The molecule has 82 valence electrons. The molecule has 1 unspecified atom stereocenters. The number of furan rings is 1. The van der Waals surface area contributed by atoms with Crippen LogP contribution in [0, 0.1) is 10.1 Å². The van der Waals surface area contributed by atoms with Crippen LogP contribution in [0.4, 0.5) is 5.88 Å². The Kier molecular flexibility index (Phi) is 3.40. The molecule has 1 amide bonds. The minimum Gasteiger partial charge on any atom is -0.395 e. The smallest absolute Gasteiger partial charge is 0.395 e. The van der Waals surface area contributed by atoms with Crippen LogP contribution in [0.2, 0.25) is 0 Å². The molecule has 1 aromatic rings. The molecule has 15 heavy (non-hydrogen) atoms. The van der Waals surface area contributed by atoms with Crippen LogP contribution in [0.3, 0.4) is 0 Å². The molecular formula is C8H10N2O5. The molecule has 1 atom stereocenters. The third-order valence-corrected chi connectivity index (χ3v) is 1.65. The summed E-state index contributed by atoms with van der Waals surface area (Å²) in [5.74, 6) is -1.23. The fraction of sp³-hybridized carbons (Fsp3) is 0.375. The average molecular weight is 214 g/mol. The molecule has 0 saturated heterocycles. The number of carbonyl (C=O) groups excluding carboxylic acids is 1. The van der Waals surface area contributed by atoms with E-state index in [0.29, 0.717) is 0 Å². The Morgan fingerprint density at radius 2 is 2.40 bits per heavy atom. The Balaban J connectivity index is 2.70. The second-order valence-corrected chi connectivity index (χ2v) is 2.95. The van der Waals surface area contributed by atoms with Crippen molar-refractivity contribution in [3.63, 3.8) is 0 Å². The maximum absolute atomic E-state index is 11.3. The summed E-state index contributed by atoms with van der Waals surface area (Å²) in [7, 11) is 0. The van der Waals surface area contributed by atoms with E-state index in [-0.39, 0.29) is 12.4 Å². The van der Waals surface area contributed by atoms with Gasteiger partial charge in [0.25, 0.3) is 5.91 Å². The summed E-state index contributed by atoms with van der Waals surface area (Å²) in [4.78, 5) is 20.8. The largest absolute Gasteiger partial charge is 0.433 e. The molecule has 0 aliphatic carbocycles. The third kappa shape index (κ3) is 2.78. The normalized spacial score (nSPS) is 12.1. The summed E-state index contributed by atoms with van der Waals surface area (Å²) >= 11 is 0. The van der Waals surface area contributed by atoms with Crippen LogP contribution in [-0.4, -0.2) is 28.6 Å². The van der Waals surface area contributed by atoms with Gasteiger partial charge in [0.1, 0.15) is 4.92 Å². The lowest BCUT2D eigenvalue weighted by Crippen LogP contribution is -2.34. The van der Waals surface area contributed by atoms with Crippen LogP contribution in [0.5, 0.6) is 0 Å². The van der Waals surface area contributed by atoms with Gasteiger partial charge in [-0.3, -0.25) is 14.9 Å². The first-order valence-electron chi connectivity index (χ1n) is 4.20. The van der Waals surface area contributed by atoms with Gasteiger partial charge in [-0.15, -0.1) is 0 Å². The highest BCUT2D eigenvalue weighted by molar-refractivity contribution is 5.91. The molecule has 0 fully saturated rings. The molecule has 0 saturated carbocycles. The molecule has 2 N–H and O–H groups in total. The lowest BCUT2D eigenvalue weighted by molar-refractivity contribution is -0.402. The SMILES string of the molecule is CC(CO)NC(=O)c1ccc([N+](=O)[O-])o1. The lowest BCUT2D eigenvalue weighted by atomic mass is 10.3. The van der Waals surface area contributed by atoms with Crippen molar-refractivity contribution >= 4 is 11.8 Å². The third-order valence-electron chi connectivity index (χ3n) is 1.65. The van der Waals surface area contributed by atoms with Crippen LogP contribution < -0.4 is 5.32 Å². The predicted molar refractivity (Wildman–Crippen MR) is 49.4 cm³/mol. The first kappa shape index (κ1) is 11.2. The maximum atomic E-state index is 11.3. The number of nitrogens with zero attached hydrogens (tertiary/aromatic N) is 1. The van der Waals surface area contributed by atoms with Gasteiger partial charge in [-0.2, -0.15) is 0 Å². The molecule has 1 heterocycles. The monoisotopic (exact) mass is 214 g/mol. The molecule has 0 aromatic carbocycles. The van der Waals surface area contributed by atoms with Crippen molar-refractivity contribution in [1.82, 2.24) is 5.32 Å². The van der Waals surface area contributed by atoms with Gasteiger partial charge in [0, 0.05) is 6.04 Å². The van der Waals surface area contributed by atoms with E-state index < -0.39 is 22.8 Å². The Bertz CT molecular complexity index is 373. The van der Waals surface area contributed by atoms with Crippen LogP contribution in [0.15, 0.2) is 16.5 Å². The van der Waals surface area contributed by atoms with E-state index in [4.69, 9.17) is 5.11 Å². The van der Waals surface area contributed by atoms with Gasteiger partial charge in [-0.1, -0.05) is 0 Å². The van der Waals surface area contributed by atoms with Crippen molar-refractivity contribution in [3.05, 3.63) is 28.0 Å². The zero-order valence-electron chi connectivity index (χ0n) is 7.97. The molecule has 0 spiro atoms. The van der Waals surface area contributed by atoms with Gasteiger partial charge in [-0.05, 0) is 13.0 Å². The maximum Gasteiger partial charge on any atom is 0.433 e. The topological polar surface area (TPSA) is 106 Å². The molecule has 1 rings (SSSR count). The van der Waals surface area contributed by atoms with Crippen LogP contribution in [0.1, 0.15) is 17.5 Å². The summed E-state index contributed by atoms with van der Waals surface area (Å²) in [5, 5.41) is 21.3. The minimum absolute atomic E-state index is 0.151. The van der Waals surface area contributed by atoms with E-state index >= 15 is 0 Å². The number of aliphatic hydroxyl groups is 1. The van der Waals surface area contributed by atoms with Gasteiger partial charge < -0.3 is 14.8 Å². The Labute approximate surface area is 84.8 Å². The molecule has 0 aliphatic heterocycles. The van der Waals surface area contributed by atoms with E-state index in [1.54, 1.807) is 6.92 Å². The number of nitro groups is 1. The lowest BCUT2D eigenvalue weighted by Gasteiger charge is -2.08. The highest BCUT2D eigenvalue weighted by Crippen LogP contribution is 2.15. The summed E-state index contributed by atoms with van der Waals surface area (Å²) in [6, 6.07) is 1.87. The zero-order chi connectivity index (χ0) is 11.4. The number of rotatable bonds is 4. The molecule has 0 radical (unpaired) electrons. The molecule has 7 nitrogen and oxygen atoms in total. The summed E-state index contributed by atoms with van der Waals surface area (Å²) in [6.07, 6.45) is 0.